The minimum Gasteiger partial charge on any atom is -0.478 e. The van der Waals surface area contributed by atoms with Crippen LogP contribution >= 0.6 is 0 Å². The zero-order valence-corrected chi connectivity index (χ0v) is 8.06. The van der Waals surface area contributed by atoms with Gasteiger partial charge in [-0.05, 0) is 6.07 Å². The SMILES string of the molecule is O=C1C=C(c2ccccc2C(=O)O)C(=O)N1. The predicted molar refractivity (Wildman–Crippen MR) is 54.5 cm³/mol. The first-order chi connectivity index (χ1) is 7.59. The normalized spacial score (nSPS) is 14.6. The van der Waals surface area contributed by atoms with Gasteiger partial charge in [0.15, 0.2) is 0 Å². The maximum atomic E-state index is 11.4. The monoisotopic (exact) mass is 217 g/mol. The number of carbonyl (C=O) groups is 3. The summed E-state index contributed by atoms with van der Waals surface area (Å²) in [6.07, 6.45) is 1.10. The largest absolute Gasteiger partial charge is 0.478 e. The molecule has 0 saturated heterocycles. The van der Waals surface area contributed by atoms with E-state index in [4.69, 9.17) is 5.11 Å². The van der Waals surface area contributed by atoms with Gasteiger partial charge in [-0.2, -0.15) is 0 Å². The fraction of sp³-hybridized carbons (Fsp3) is 0. The van der Waals surface area contributed by atoms with Gasteiger partial charge in [-0.15, -0.1) is 0 Å². The molecule has 1 aliphatic heterocycles. The van der Waals surface area contributed by atoms with Crippen LogP contribution in [0.1, 0.15) is 15.9 Å². The predicted octanol–water partition coefficient (Wildman–Crippen LogP) is 0.425. The van der Waals surface area contributed by atoms with Crippen molar-refractivity contribution in [1.29, 1.82) is 0 Å². The molecule has 0 atom stereocenters. The van der Waals surface area contributed by atoms with Crippen molar-refractivity contribution in [2.24, 2.45) is 0 Å². The fourth-order valence-corrected chi connectivity index (χ4v) is 1.52. The summed E-state index contributed by atoms with van der Waals surface area (Å²) in [6, 6.07) is 6.04. The van der Waals surface area contributed by atoms with Crippen molar-refractivity contribution in [3.63, 3.8) is 0 Å². The Bertz CT molecular complexity index is 531. The van der Waals surface area contributed by atoms with Gasteiger partial charge in [0.25, 0.3) is 11.8 Å². The van der Waals surface area contributed by atoms with E-state index in [2.05, 4.69) is 5.32 Å². The van der Waals surface area contributed by atoms with Crippen LogP contribution in [0.5, 0.6) is 0 Å². The van der Waals surface area contributed by atoms with Crippen molar-refractivity contribution < 1.29 is 19.5 Å². The molecular formula is C11H7NO4. The Balaban J connectivity index is 2.57. The number of hydrogen-bond donors (Lipinski definition) is 2. The number of imide groups is 1. The van der Waals surface area contributed by atoms with Gasteiger partial charge >= 0.3 is 5.97 Å². The molecule has 5 nitrogen and oxygen atoms in total. The number of carbonyl (C=O) groups excluding carboxylic acids is 2. The Hall–Kier alpha value is -2.43. The molecule has 2 N–H and O–H groups in total. The Morgan fingerprint density at radius 1 is 1.19 bits per heavy atom. The van der Waals surface area contributed by atoms with E-state index < -0.39 is 17.8 Å². The van der Waals surface area contributed by atoms with E-state index in [0.29, 0.717) is 0 Å². The highest BCUT2D eigenvalue weighted by Gasteiger charge is 2.25. The lowest BCUT2D eigenvalue weighted by Gasteiger charge is -2.04. The van der Waals surface area contributed by atoms with E-state index >= 15 is 0 Å². The van der Waals surface area contributed by atoms with Gasteiger partial charge < -0.3 is 5.11 Å². The number of aromatic carboxylic acids is 1. The molecule has 0 fully saturated rings. The smallest absolute Gasteiger partial charge is 0.336 e. The number of hydrogen-bond acceptors (Lipinski definition) is 3. The van der Waals surface area contributed by atoms with Gasteiger partial charge in [0, 0.05) is 11.6 Å². The van der Waals surface area contributed by atoms with Gasteiger partial charge in [0.2, 0.25) is 0 Å². The molecule has 2 amide bonds. The fourth-order valence-electron chi connectivity index (χ4n) is 1.52. The molecule has 1 aromatic rings. The molecule has 5 heteroatoms. The molecule has 0 radical (unpaired) electrons. The van der Waals surface area contributed by atoms with E-state index in [0.717, 1.165) is 6.08 Å². The van der Waals surface area contributed by atoms with Gasteiger partial charge in [0.1, 0.15) is 0 Å². The van der Waals surface area contributed by atoms with Crippen LogP contribution in [0, 0.1) is 0 Å². The van der Waals surface area contributed by atoms with E-state index in [1.54, 1.807) is 12.1 Å². The minimum atomic E-state index is -1.14. The summed E-state index contributed by atoms with van der Waals surface area (Å²) in [4.78, 5) is 33.3. The van der Waals surface area contributed by atoms with Crippen LogP contribution < -0.4 is 5.32 Å². The van der Waals surface area contributed by atoms with E-state index in [9.17, 15) is 14.4 Å². The third-order valence-corrected chi connectivity index (χ3v) is 2.20. The first kappa shape index (κ1) is 10.1. The third-order valence-electron chi connectivity index (χ3n) is 2.20. The Morgan fingerprint density at radius 2 is 1.88 bits per heavy atom. The first-order valence-electron chi connectivity index (χ1n) is 4.49. The van der Waals surface area contributed by atoms with Crippen LogP contribution in [0.15, 0.2) is 30.3 Å². The summed E-state index contributed by atoms with van der Waals surface area (Å²) < 4.78 is 0. The highest BCUT2D eigenvalue weighted by Crippen LogP contribution is 2.22. The summed E-state index contributed by atoms with van der Waals surface area (Å²) in [5.74, 6) is -2.23. The van der Waals surface area contributed by atoms with E-state index in [1.807, 2.05) is 0 Å². The highest BCUT2D eigenvalue weighted by atomic mass is 16.4. The van der Waals surface area contributed by atoms with Gasteiger partial charge in [-0.1, -0.05) is 18.2 Å². The molecular weight excluding hydrogens is 210 g/mol. The number of rotatable bonds is 2. The summed E-state index contributed by atoms with van der Waals surface area (Å²) in [5, 5.41) is 11.0. The van der Waals surface area contributed by atoms with Crippen LogP contribution in [0.25, 0.3) is 5.57 Å². The van der Waals surface area contributed by atoms with Crippen LogP contribution in [-0.4, -0.2) is 22.9 Å². The number of carboxylic acids is 1. The van der Waals surface area contributed by atoms with Crippen molar-refractivity contribution in [3.8, 4) is 0 Å². The van der Waals surface area contributed by atoms with Crippen molar-refractivity contribution in [3.05, 3.63) is 41.5 Å². The second-order valence-electron chi connectivity index (χ2n) is 3.23. The maximum absolute atomic E-state index is 11.4. The molecule has 0 aliphatic carbocycles. The summed E-state index contributed by atoms with van der Waals surface area (Å²) >= 11 is 0. The van der Waals surface area contributed by atoms with E-state index in [1.165, 1.54) is 12.1 Å². The maximum Gasteiger partial charge on any atom is 0.336 e. The van der Waals surface area contributed by atoms with Crippen molar-refractivity contribution in [1.82, 2.24) is 5.32 Å². The number of carboxylic acid groups (broad SMARTS) is 1. The quantitative estimate of drug-likeness (QED) is 0.703. The standard InChI is InChI=1S/C11H7NO4/c13-9-5-8(10(14)12-9)6-3-1-2-4-7(6)11(15)16/h1-5H,(H,15,16)(H,12,13,14). The van der Waals surface area contributed by atoms with Crippen molar-refractivity contribution in [2.75, 3.05) is 0 Å². The number of nitrogens with one attached hydrogen (secondary N) is 1. The molecule has 0 bridgehead atoms. The second-order valence-corrected chi connectivity index (χ2v) is 3.23. The molecule has 1 aromatic carbocycles. The van der Waals surface area contributed by atoms with Gasteiger partial charge in [-0.3, -0.25) is 14.9 Å². The zero-order chi connectivity index (χ0) is 11.7. The zero-order valence-electron chi connectivity index (χ0n) is 8.06. The second kappa shape index (κ2) is 3.62. The third kappa shape index (κ3) is 1.58. The minimum absolute atomic E-state index is 0.00130. The summed E-state index contributed by atoms with van der Waals surface area (Å²) in [5.41, 5.74) is 0.333. The van der Waals surface area contributed by atoms with Gasteiger partial charge in [0.05, 0.1) is 11.1 Å². The van der Waals surface area contributed by atoms with Crippen molar-refractivity contribution in [2.45, 2.75) is 0 Å². The van der Waals surface area contributed by atoms with E-state index in [-0.39, 0.29) is 16.7 Å². The Morgan fingerprint density at radius 3 is 2.44 bits per heavy atom. The summed E-state index contributed by atoms with van der Waals surface area (Å²) in [7, 11) is 0. The van der Waals surface area contributed by atoms with Crippen LogP contribution in [0.2, 0.25) is 0 Å². The molecule has 0 unspecified atom stereocenters. The number of benzene rings is 1. The van der Waals surface area contributed by atoms with Crippen LogP contribution in [0.3, 0.4) is 0 Å². The highest BCUT2D eigenvalue weighted by molar-refractivity contribution is 6.34. The molecule has 80 valence electrons. The lowest BCUT2D eigenvalue weighted by molar-refractivity contribution is -0.123. The Labute approximate surface area is 90.4 Å². The molecule has 1 heterocycles. The molecule has 0 aromatic heterocycles. The molecule has 16 heavy (non-hydrogen) atoms. The average Bonchev–Trinajstić information content (AvgIpc) is 2.57. The summed E-state index contributed by atoms with van der Waals surface area (Å²) in [6.45, 7) is 0. The average molecular weight is 217 g/mol. The van der Waals surface area contributed by atoms with Crippen LogP contribution in [0.4, 0.5) is 0 Å². The molecule has 0 saturated carbocycles. The Kier molecular flexibility index (Phi) is 2.28. The lowest BCUT2D eigenvalue weighted by atomic mass is 10.00. The van der Waals surface area contributed by atoms with Gasteiger partial charge in [-0.25, -0.2) is 4.79 Å². The topological polar surface area (TPSA) is 83.5 Å². The number of amides is 2. The molecule has 1 aliphatic rings. The first-order valence-corrected chi connectivity index (χ1v) is 4.49. The molecule has 0 spiro atoms. The van der Waals surface area contributed by atoms with Crippen LogP contribution in [-0.2, 0) is 9.59 Å². The molecule has 2 rings (SSSR count). The van der Waals surface area contributed by atoms with Crippen molar-refractivity contribution >= 4 is 23.4 Å². The lowest BCUT2D eigenvalue weighted by Crippen LogP contribution is -2.22.